The predicted octanol–water partition coefficient (Wildman–Crippen LogP) is 3.46. The lowest BCUT2D eigenvalue weighted by atomic mass is 10.2. The van der Waals surface area contributed by atoms with Crippen LogP contribution in [0, 0.1) is 0 Å². The van der Waals surface area contributed by atoms with E-state index in [1.165, 1.54) is 27.4 Å². The molecule has 0 unspecified atom stereocenters. The molecule has 0 atom stereocenters. The van der Waals surface area contributed by atoms with Crippen LogP contribution >= 0.6 is 0 Å². The third kappa shape index (κ3) is 6.02. The van der Waals surface area contributed by atoms with Crippen molar-refractivity contribution in [2.45, 2.75) is 12.8 Å². The number of nitrogens with zero attached hydrogens (tertiary/aromatic N) is 3. The molecule has 0 fully saturated rings. The van der Waals surface area contributed by atoms with Crippen molar-refractivity contribution >= 4 is 5.97 Å². The Bertz CT molecular complexity index is 1080. The Hall–Kier alpha value is -4.03. The zero-order valence-electron chi connectivity index (χ0n) is 17.6. The molecular formula is C20H18F3N3O7. The average Bonchev–Trinajstić information content (AvgIpc) is 3.29. The largest absolute Gasteiger partial charge is 0.493 e. The summed E-state index contributed by atoms with van der Waals surface area (Å²) in [6.07, 6.45) is -3.46. The van der Waals surface area contributed by atoms with Gasteiger partial charge in [0.25, 0.3) is 5.89 Å². The molecule has 0 radical (unpaired) electrons. The number of rotatable bonds is 9. The van der Waals surface area contributed by atoms with Gasteiger partial charge in [-0.25, -0.2) is 9.78 Å². The van der Waals surface area contributed by atoms with Crippen LogP contribution in [0.3, 0.4) is 0 Å². The zero-order valence-corrected chi connectivity index (χ0v) is 17.6. The first-order chi connectivity index (χ1) is 15.7. The van der Waals surface area contributed by atoms with Gasteiger partial charge in [-0.05, 0) is 18.2 Å². The SMILES string of the molecule is COc1cc(-c2nnc(COC(=O)c3ccc(OCC(F)(F)F)nc3)o2)cc(OC)c1OC. The lowest BCUT2D eigenvalue weighted by molar-refractivity contribution is -0.154. The number of halogens is 3. The lowest BCUT2D eigenvalue weighted by Gasteiger charge is -2.12. The van der Waals surface area contributed by atoms with Gasteiger partial charge in [-0.2, -0.15) is 13.2 Å². The van der Waals surface area contributed by atoms with Gasteiger partial charge in [-0.3, -0.25) is 0 Å². The summed E-state index contributed by atoms with van der Waals surface area (Å²) < 4.78 is 67.4. The summed E-state index contributed by atoms with van der Waals surface area (Å²) in [7, 11) is 4.39. The number of carbonyl (C=O) groups is 1. The van der Waals surface area contributed by atoms with Crippen molar-refractivity contribution in [1.29, 1.82) is 0 Å². The molecule has 2 aromatic heterocycles. The molecule has 13 heteroatoms. The zero-order chi connectivity index (χ0) is 24.0. The lowest BCUT2D eigenvalue weighted by Crippen LogP contribution is -2.19. The molecule has 33 heavy (non-hydrogen) atoms. The molecule has 0 spiro atoms. The van der Waals surface area contributed by atoms with Crippen molar-refractivity contribution in [1.82, 2.24) is 15.2 Å². The predicted molar refractivity (Wildman–Crippen MR) is 104 cm³/mol. The summed E-state index contributed by atoms with van der Waals surface area (Å²) in [5.41, 5.74) is 0.479. The Labute approximate surface area is 185 Å². The highest BCUT2D eigenvalue weighted by Crippen LogP contribution is 2.40. The second-order valence-corrected chi connectivity index (χ2v) is 6.28. The van der Waals surface area contributed by atoms with Crippen molar-refractivity contribution in [3.63, 3.8) is 0 Å². The molecule has 0 aliphatic carbocycles. The van der Waals surface area contributed by atoms with Gasteiger partial charge in [0.1, 0.15) is 0 Å². The number of hydrogen-bond acceptors (Lipinski definition) is 10. The number of alkyl halides is 3. The van der Waals surface area contributed by atoms with Crippen molar-refractivity contribution in [2.75, 3.05) is 27.9 Å². The third-order valence-corrected chi connectivity index (χ3v) is 4.06. The van der Waals surface area contributed by atoms with Gasteiger partial charge in [0.05, 0.1) is 26.9 Å². The van der Waals surface area contributed by atoms with Gasteiger partial charge in [0, 0.05) is 17.8 Å². The summed E-state index contributed by atoms with van der Waals surface area (Å²) in [5.74, 6) is 0.203. The van der Waals surface area contributed by atoms with Gasteiger partial charge in [-0.15, -0.1) is 10.2 Å². The molecule has 0 aliphatic rings. The number of esters is 1. The number of pyridine rings is 1. The number of carbonyl (C=O) groups excluding carboxylic acids is 1. The Balaban J connectivity index is 1.64. The van der Waals surface area contributed by atoms with E-state index in [2.05, 4.69) is 19.9 Å². The van der Waals surface area contributed by atoms with Gasteiger partial charge >= 0.3 is 12.1 Å². The molecule has 0 N–H and O–H groups in total. The summed E-state index contributed by atoms with van der Waals surface area (Å²) in [4.78, 5) is 15.8. The van der Waals surface area contributed by atoms with E-state index in [9.17, 15) is 18.0 Å². The Morgan fingerprint density at radius 2 is 1.73 bits per heavy atom. The molecule has 176 valence electrons. The van der Waals surface area contributed by atoms with Gasteiger partial charge in [0.2, 0.25) is 17.5 Å². The molecule has 3 aromatic rings. The highest BCUT2D eigenvalue weighted by atomic mass is 19.4. The van der Waals surface area contributed by atoms with Crippen molar-refractivity contribution in [3.8, 4) is 34.6 Å². The van der Waals surface area contributed by atoms with Crippen molar-refractivity contribution in [3.05, 3.63) is 41.9 Å². The molecule has 0 saturated carbocycles. The molecule has 3 rings (SSSR count). The number of hydrogen-bond donors (Lipinski definition) is 0. The minimum Gasteiger partial charge on any atom is -0.493 e. The van der Waals surface area contributed by atoms with Crippen LogP contribution in [0.5, 0.6) is 23.1 Å². The van der Waals surface area contributed by atoms with E-state index in [1.54, 1.807) is 12.1 Å². The van der Waals surface area contributed by atoms with Crippen molar-refractivity contribution < 1.29 is 46.1 Å². The van der Waals surface area contributed by atoms with Gasteiger partial charge < -0.3 is 28.1 Å². The molecule has 2 heterocycles. The number of methoxy groups -OCH3 is 3. The minimum absolute atomic E-state index is 0.00118. The summed E-state index contributed by atoms with van der Waals surface area (Å²) in [6.45, 7) is -1.84. The van der Waals surface area contributed by atoms with E-state index in [0.29, 0.717) is 22.8 Å². The summed E-state index contributed by atoms with van der Waals surface area (Å²) >= 11 is 0. The van der Waals surface area contributed by atoms with Crippen LogP contribution in [0.15, 0.2) is 34.9 Å². The average molecular weight is 469 g/mol. The van der Waals surface area contributed by atoms with Gasteiger partial charge in [-0.1, -0.05) is 0 Å². The molecular weight excluding hydrogens is 451 g/mol. The van der Waals surface area contributed by atoms with Crippen LogP contribution in [0.2, 0.25) is 0 Å². The topological polar surface area (TPSA) is 115 Å². The second kappa shape index (κ2) is 10.1. The molecule has 1 aromatic carbocycles. The van der Waals surface area contributed by atoms with Crippen LogP contribution in [0.4, 0.5) is 13.2 Å². The summed E-state index contributed by atoms with van der Waals surface area (Å²) in [5, 5.41) is 7.74. The Morgan fingerprint density at radius 3 is 2.27 bits per heavy atom. The molecule has 0 bridgehead atoms. The maximum Gasteiger partial charge on any atom is 0.422 e. The number of benzene rings is 1. The fourth-order valence-corrected chi connectivity index (χ4v) is 2.59. The molecule has 0 aliphatic heterocycles. The highest BCUT2D eigenvalue weighted by molar-refractivity contribution is 5.89. The van der Waals surface area contributed by atoms with E-state index in [0.717, 1.165) is 12.3 Å². The number of ether oxygens (including phenoxy) is 5. The van der Waals surface area contributed by atoms with Crippen LogP contribution in [0.1, 0.15) is 16.2 Å². The van der Waals surface area contributed by atoms with E-state index in [1.807, 2.05) is 0 Å². The third-order valence-electron chi connectivity index (χ3n) is 4.06. The maximum atomic E-state index is 12.2. The van der Waals surface area contributed by atoms with Crippen molar-refractivity contribution in [2.24, 2.45) is 0 Å². The minimum atomic E-state index is -4.50. The second-order valence-electron chi connectivity index (χ2n) is 6.28. The fraction of sp³-hybridized carbons (Fsp3) is 0.300. The van der Waals surface area contributed by atoms with Crippen LogP contribution in [-0.4, -0.2) is 55.3 Å². The first-order valence-corrected chi connectivity index (χ1v) is 9.19. The quantitative estimate of drug-likeness (QED) is 0.432. The first kappa shape index (κ1) is 23.6. The smallest absolute Gasteiger partial charge is 0.422 e. The Kier molecular flexibility index (Phi) is 7.20. The normalized spacial score (nSPS) is 11.1. The monoisotopic (exact) mass is 469 g/mol. The van der Waals surface area contributed by atoms with Crippen LogP contribution < -0.4 is 18.9 Å². The maximum absolute atomic E-state index is 12.2. The molecule has 0 saturated heterocycles. The standard InChI is InChI=1S/C20H18F3N3O7/c1-28-13-6-12(7-14(29-2)17(13)30-3)18-26-25-16(33-18)9-31-19(27)11-4-5-15(24-8-11)32-10-20(21,22)23/h4-8H,9-10H2,1-3H3. The Morgan fingerprint density at radius 1 is 1.03 bits per heavy atom. The van der Waals surface area contributed by atoms with Crippen LogP contribution in [-0.2, 0) is 11.3 Å². The molecule has 10 nitrogen and oxygen atoms in total. The fourth-order valence-electron chi connectivity index (χ4n) is 2.59. The van der Waals surface area contributed by atoms with E-state index in [4.69, 9.17) is 23.4 Å². The molecule has 0 amide bonds. The summed E-state index contributed by atoms with van der Waals surface area (Å²) in [6, 6.07) is 5.56. The van der Waals surface area contributed by atoms with E-state index in [-0.39, 0.29) is 29.8 Å². The van der Waals surface area contributed by atoms with E-state index < -0.39 is 18.8 Å². The first-order valence-electron chi connectivity index (χ1n) is 9.19. The number of aromatic nitrogens is 3. The highest BCUT2D eigenvalue weighted by Gasteiger charge is 2.28. The van der Waals surface area contributed by atoms with Gasteiger partial charge in [0.15, 0.2) is 24.7 Å². The van der Waals surface area contributed by atoms with E-state index >= 15 is 0 Å². The van der Waals surface area contributed by atoms with Crippen LogP contribution in [0.25, 0.3) is 11.5 Å².